The van der Waals surface area contributed by atoms with E-state index in [1.165, 1.54) is 26.2 Å². The average Bonchev–Trinajstić information content (AvgIpc) is 2.84. The van der Waals surface area contributed by atoms with Crippen LogP contribution in [0.3, 0.4) is 0 Å². The second-order valence-corrected chi connectivity index (χ2v) is 7.12. The third-order valence-corrected chi connectivity index (χ3v) is 4.83. The van der Waals surface area contributed by atoms with Crippen LogP contribution in [0.15, 0.2) is 40.2 Å². The predicted octanol–water partition coefficient (Wildman–Crippen LogP) is 5.16. The fourth-order valence-electron chi connectivity index (χ4n) is 2.24. The van der Waals surface area contributed by atoms with Crippen molar-refractivity contribution in [3.8, 4) is 0 Å². The van der Waals surface area contributed by atoms with E-state index in [0.29, 0.717) is 6.04 Å². The summed E-state index contributed by atoms with van der Waals surface area (Å²) in [5.74, 6) is 0. The highest BCUT2D eigenvalue weighted by Gasteiger charge is 2.14. The lowest BCUT2D eigenvalue weighted by Crippen LogP contribution is -2.21. The molecule has 1 N–H and O–H groups in total. The van der Waals surface area contributed by atoms with Crippen LogP contribution in [-0.2, 0) is 6.42 Å². The van der Waals surface area contributed by atoms with Crippen molar-refractivity contribution in [1.82, 2.24) is 5.32 Å². The summed E-state index contributed by atoms with van der Waals surface area (Å²) in [6.45, 7) is 5.34. The number of hydrogen-bond acceptors (Lipinski definition) is 2. The molecule has 19 heavy (non-hydrogen) atoms. The minimum Gasteiger partial charge on any atom is -0.306 e. The van der Waals surface area contributed by atoms with Gasteiger partial charge in [0.2, 0.25) is 0 Å². The first-order valence-electron chi connectivity index (χ1n) is 6.82. The highest BCUT2D eigenvalue weighted by Crippen LogP contribution is 2.31. The van der Waals surface area contributed by atoms with Gasteiger partial charge >= 0.3 is 0 Å². The van der Waals surface area contributed by atoms with Crippen molar-refractivity contribution in [2.45, 2.75) is 32.7 Å². The summed E-state index contributed by atoms with van der Waals surface area (Å²) in [5, 5.41) is 3.57. The number of nitrogens with one attached hydrogen (secondary N) is 1. The molecule has 0 bridgehead atoms. The standard InChI is InChI=1S/C16H20BrNS/c1-3-5-12-6-8-13(9-7-12)16(18-4-2)14-10-11-15(17)19-14/h6-11,16,18H,3-5H2,1-2H3. The third-order valence-electron chi connectivity index (χ3n) is 3.14. The minimum absolute atomic E-state index is 0.303. The van der Waals surface area contributed by atoms with Gasteiger partial charge in [-0.25, -0.2) is 0 Å². The molecule has 0 aliphatic heterocycles. The minimum atomic E-state index is 0.303. The first kappa shape index (κ1) is 14.8. The van der Waals surface area contributed by atoms with E-state index in [2.05, 4.69) is 71.5 Å². The van der Waals surface area contributed by atoms with Crippen molar-refractivity contribution in [3.63, 3.8) is 0 Å². The van der Waals surface area contributed by atoms with E-state index in [9.17, 15) is 0 Å². The highest BCUT2D eigenvalue weighted by molar-refractivity contribution is 9.11. The summed E-state index contributed by atoms with van der Waals surface area (Å²) in [7, 11) is 0. The molecule has 0 spiro atoms. The molecule has 0 amide bonds. The molecule has 1 nitrogen and oxygen atoms in total. The monoisotopic (exact) mass is 337 g/mol. The predicted molar refractivity (Wildman–Crippen MR) is 88.0 cm³/mol. The van der Waals surface area contributed by atoms with Crippen LogP contribution in [-0.4, -0.2) is 6.54 Å². The summed E-state index contributed by atoms with van der Waals surface area (Å²) < 4.78 is 1.19. The Morgan fingerprint density at radius 1 is 1.11 bits per heavy atom. The van der Waals surface area contributed by atoms with Gasteiger partial charge in [0.05, 0.1) is 9.83 Å². The Bertz CT molecular complexity index is 504. The smallest absolute Gasteiger partial charge is 0.0702 e. The van der Waals surface area contributed by atoms with Gasteiger partial charge in [-0.3, -0.25) is 0 Å². The van der Waals surface area contributed by atoms with Crippen molar-refractivity contribution in [1.29, 1.82) is 0 Å². The fraction of sp³-hybridized carbons (Fsp3) is 0.375. The van der Waals surface area contributed by atoms with Crippen molar-refractivity contribution in [2.24, 2.45) is 0 Å². The number of halogens is 1. The lowest BCUT2D eigenvalue weighted by molar-refractivity contribution is 0.639. The zero-order chi connectivity index (χ0) is 13.7. The summed E-state index contributed by atoms with van der Waals surface area (Å²) in [5.41, 5.74) is 2.77. The van der Waals surface area contributed by atoms with Gasteiger partial charge in [-0.2, -0.15) is 0 Å². The lowest BCUT2D eigenvalue weighted by atomic mass is 10.0. The number of aryl methyl sites for hydroxylation is 1. The van der Waals surface area contributed by atoms with Crippen LogP contribution in [0.25, 0.3) is 0 Å². The van der Waals surface area contributed by atoms with E-state index in [4.69, 9.17) is 0 Å². The second kappa shape index (κ2) is 7.22. The van der Waals surface area contributed by atoms with E-state index < -0.39 is 0 Å². The van der Waals surface area contributed by atoms with Gasteiger partial charge in [-0.15, -0.1) is 11.3 Å². The van der Waals surface area contributed by atoms with Crippen molar-refractivity contribution in [3.05, 3.63) is 56.2 Å². The maximum absolute atomic E-state index is 3.57. The molecule has 1 aromatic heterocycles. The maximum atomic E-state index is 3.57. The quantitative estimate of drug-likeness (QED) is 0.767. The first-order chi connectivity index (χ1) is 9.24. The molecule has 1 aromatic carbocycles. The molecule has 0 saturated heterocycles. The molecule has 2 rings (SSSR count). The number of rotatable bonds is 6. The van der Waals surface area contributed by atoms with E-state index in [-0.39, 0.29) is 0 Å². The largest absolute Gasteiger partial charge is 0.306 e. The summed E-state index contributed by atoms with van der Waals surface area (Å²) in [6.07, 6.45) is 2.37. The first-order valence-corrected chi connectivity index (χ1v) is 8.43. The number of hydrogen-bond donors (Lipinski definition) is 1. The Labute approximate surface area is 128 Å². The van der Waals surface area contributed by atoms with Crippen molar-refractivity contribution in [2.75, 3.05) is 6.54 Å². The van der Waals surface area contributed by atoms with E-state index in [0.717, 1.165) is 13.0 Å². The molecular weight excluding hydrogens is 318 g/mol. The average molecular weight is 338 g/mol. The van der Waals surface area contributed by atoms with Gasteiger partial charge in [0.1, 0.15) is 0 Å². The lowest BCUT2D eigenvalue weighted by Gasteiger charge is -2.17. The Morgan fingerprint density at radius 2 is 1.84 bits per heavy atom. The molecule has 1 heterocycles. The van der Waals surface area contributed by atoms with Gasteiger partial charge in [0.25, 0.3) is 0 Å². The molecule has 1 unspecified atom stereocenters. The Balaban J connectivity index is 2.23. The molecule has 0 saturated carbocycles. The van der Waals surface area contributed by atoms with E-state index >= 15 is 0 Å². The van der Waals surface area contributed by atoms with Crippen LogP contribution in [0.1, 0.15) is 42.3 Å². The molecular formula is C16H20BrNS. The van der Waals surface area contributed by atoms with Crippen LogP contribution in [0.4, 0.5) is 0 Å². The van der Waals surface area contributed by atoms with Crippen molar-refractivity contribution < 1.29 is 0 Å². The Hall–Kier alpha value is -0.640. The van der Waals surface area contributed by atoms with Crippen LogP contribution in [0.5, 0.6) is 0 Å². The van der Waals surface area contributed by atoms with Crippen LogP contribution in [0.2, 0.25) is 0 Å². The zero-order valence-corrected chi connectivity index (χ0v) is 13.9. The third kappa shape index (κ3) is 3.91. The summed E-state index contributed by atoms with van der Waals surface area (Å²) in [6, 6.07) is 13.6. The number of benzene rings is 1. The van der Waals surface area contributed by atoms with Crippen LogP contribution >= 0.6 is 27.3 Å². The van der Waals surface area contributed by atoms with E-state index in [1.807, 2.05) is 0 Å². The van der Waals surface area contributed by atoms with Gasteiger partial charge < -0.3 is 5.32 Å². The normalized spacial score (nSPS) is 12.6. The molecule has 0 radical (unpaired) electrons. The topological polar surface area (TPSA) is 12.0 Å². The Kier molecular flexibility index (Phi) is 5.61. The maximum Gasteiger partial charge on any atom is 0.0702 e. The molecule has 102 valence electrons. The zero-order valence-electron chi connectivity index (χ0n) is 11.4. The second-order valence-electron chi connectivity index (χ2n) is 4.62. The van der Waals surface area contributed by atoms with Gasteiger partial charge in [0, 0.05) is 4.88 Å². The molecule has 3 heteroatoms. The highest BCUT2D eigenvalue weighted by atomic mass is 79.9. The van der Waals surface area contributed by atoms with Crippen LogP contribution < -0.4 is 5.32 Å². The van der Waals surface area contributed by atoms with Gasteiger partial charge in [-0.05, 0) is 52.2 Å². The van der Waals surface area contributed by atoms with Crippen LogP contribution in [0, 0.1) is 0 Å². The molecule has 2 aromatic rings. The molecule has 1 atom stereocenters. The van der Waals surface area contributed by atoms with Gasteiger partial charge in [0.15, 0.2) is 0 Å². The summed E-state index contributed by atoms with van der Waals surface area (Å²) >= 11 is 5.35. The van der Waals surface area contributed by atoms with E-state index in [1.54, 1.807) is 11.3 Å². The molecule has 0 aliphatic rings. The molecule has 0 fully saturated rings. The SMILES string of the molecule is CCCc1ccc(C(NCC)c2ccc(Br)s2)cc1. The van der Waals surface area contributed by atoms with Gasteiger partial charge in [-0.1, -0.05) is 44.5 Å². The number of thiophene rings is 1. The molecule has 0 aliphatic carbocycles. The van der Waals surface area contributed by atoms with Crippen molar-refractivity contribution >= 4 is 27.3 Å². The summed E-state index contributed by atoms with van der Waals surface area (Å²) in [4.78, 5) is 1.36. The fourth-order valence-corrected chi connectivity index (χ4v) is 3.76. The Morgan fingerprint density at radius 3 is 2.37 bits per heavy atom.